The van der Waals surface area contributed by atoms with Crippen LogP contribution < -0.4 is 5.56 Å². The summed E-state index contributed by atoms with van der Waals surface area (Å²) in [4.78, 5) is 18.0. The summed E-state index contributed by atoms with van der Waals surface area (Å²) < 4.78 is 1.72. The molecule has 3 nitrogen and oxygen atoms in total. The third kappa shape index (κ3) is 4.02. The molecule has 2 aromatic carbocycles. The van der Waals surface area contributed by atoms with Gasteiger partial charge in [0.05, 0.1) is 17.2 Å². The zero-order valence-electron chi connectivity index (χ0n) is 13.2. The van der Waals surface area contributed by atoms with Crippen molar-refractivity contribution >= 4 is 22.7 Å². The van der Waals surface area contributed by atoms with E-state index in [1.54, 1.807) is 10.9 Å². The number of aromatic nitrogens is 2. The summed E-state index contributed by atoms with van der Waals surface area (Å²) in [6, 6.07) is 16.1. The molecule has 0 radical (unpaired) electrons. The molecule has 3 aromatic rings. The van der Waals surface area contributed by atoms with Gasteiger partial charge in [-0.1, -0.05) is 29.8 Å². The SMILES string of the molecule is Cc1ccc(SCCCCn2cnc3ccccc3c2=O)cc1. The maximum Gasteiger partial charge on any atom is 0.261 e. The van der Waals surface area contributed by atoms with Gasteiger partial charge < -0.3 is 0 Å². The second kappa shape index (κ2) is 7.47. The summed E-state index contributed by atoms with van der Waals surface area (Å²) in [7, 11) is 0. The molecule has 0 N–H and O–H groups in total. The van der Waals surface area contributed by atoms with Crippen molar-refractivity contribution in [3.8, 4) is 0 Å². The monoisotopic (exact) mass is 324 g/mol. The van der Waals surface area contributed by atoms with Crippen LogP contribution in [0.3, 0.4) is 0 Å². The molecule has 0 spiro atoms. The van der Waals surface area contributed by atoms with Crippen molar-refractivity contribution in [1.82, 2.24) is 9.55 Å². The number of aryl methyl sites for hydroxylation is 2. The lowest BCUT2D eigenvalue weighted by molar-refractivity contribution is 0.611. The number of fused-ring (bicyclic) bond motifs is 1. The fourth-order valence-corrected chi connectivity index (χ4v) is 3.39. The van der Waals surface area contributed by atoms with Crippen LogP contribution in [-0.4, -0.2) is 15.3 Å². The van der Waals surface area contributed by atoms with Gasteiger partial charge in [-0.15, -0.1) is 11.8 Å². The molecule has 118 valence electrons. The predicted molar refractivity (Wildman–Crippen MR) is 97.1 cm³/mol. The van der Waals surface area contributed by atoms with Crippen molar-refractivity contribution in [3.05, 3.63) is 70.8 Å². The molecule has 0 bridgehead atoms. The molecule has 3 rings (SSSR count). The van der Waals surface area contributed by atoms with Gasteiger partial charge in [-0.25, -0.2) is 4.98 Å². The standard InChI is InChI=1S/C19H20N2OS/c1-15-8-10-16(11-9-15)23-13-5-4-12-21-14-20-18-7-3-2-6-17(18)19(21)22/h2-3,6-11,14H,4-5,12-13H2,1H3. The molecule has 0 saturated heterocycles. The maximum absolute atomic E-state index is 12.4. The highest BCUT2D eigenvalue weighted by Crippen LogP contribution is 2.19. The van der Waals surface area contributed by atoms with Crippen LogP contribution in [0.15, 0.2) is 64.5 Å². The largest absolute Gasteiger partial charge is 0.299 e. The highest BCUT2D eigenvalue weighted by Gasteiger charge is 2.03. The van der Waals surface area contributed by atoms with Crippen LogP contribution in [0.5, 0.6) is 0 Å². The second-order valence-electron chi connectivity index (χ2n) is 5.63. The Bertz CT molecular complexity index is 840. The molecule has 0 aliphatic rings. The zero-order chi connectivity index (χ0) is 16.1. The van der Waals surface area contributed by atoms with Crippen LogP contribution in [0.2, 0.25) is 0 Å². The Morgan fingerprint density at radius 3 is 2.65 bits per heavy atom. The van der Waals surface area contributed by atoms with Crippen molar-refractivity contribution < 1.29 is 0 Å². The average Bonchev–Trinajstić information content (AvgIpc) is 2.58. The lowest BCUT2D eigenvalue weighted by Crippen LogP contribution is -2.20. The smallest absolute Gasteiger partial charge is 0.261 e. The van der Waals surface area contributed by atoms with Gasteiger partial charge in [-0.2, -0.15) is 0 Å². The van der Waals surface area contributed by atoms with E-state index in [2.05, 4.69) is 36.2 Å². The Balaban J connectivity index is 1.52. The molecule has 0 saturated carbocycles. The van der Waals surface area contributed by atoms with Crippen LogP contribution in [0, 0.1) is 6.92 Å². The van der Waals surface area contributed by atoms with E-state index in [4.69, 9.17) is 0 Å². The van der Waals surface area contributed by atoms with E-state index in [1.807, 2.05) is 36.0 Å². The number of unbranched alkanes of at least 4 members (excludes halogenated alkanes) is 1. The minimum Gasteiger partial charge on any atom is -0.299 e. The number of para-hydroxylation sites is 1. The lowest BCUT2D eigenvalue weighted by Gasteiger charge is -2.06. The number of hydrogen-bond donors (Lipinski definition) is 0. The summed E-state index contributed by atoms with van der Waals surface area (Å²) >= 11 is 1.87. The molecule has 0 aliphatic heterocycles. The van der Waals surface area contributed by atoms with Gasteiger partial charge in [-0.05, 0) is 49.8 Å². The summed E-state index contributed by atoms with van der Waals surface area (Å²) in [5.41, 5.74) is 2.11. The topological polar surface area (TPSA) is 34.9 Å². The third-order valence-corrected chi connectivity index (χ3v) is 4.91. The van der Waals surface area contributed by atoms with E-state index in [-0.39, 0.29) is 5.56 Å². The number of nitrogens with zero attached hydrogens (tertiary/aromatic N) is 2. The first kappa shape index (κ1) is 15.8. The molecule has 0 unspecified atom stereocenters. The van der Waals surface area contributed by atoms with Crippen molar-refractivity contribution in [1.29, 1.82) is 0 Å². The van der Waals surface area contributed by atoms with E-state index in [9.17, 15) is 4.79 Å². The van der Waals surface area contributed by atoms with Gasteiger partial charge in [0.15, 0.2) is 0 Å². The molecule has 0 aliphatic carbocycles. The molecule has 0 amide bonds. The van der Waals surface area contributed by atoms with Crippen molar-refractivity contribution in [3.63, 3.8) is 0 Å². The van der Waals surface area contributed by atoms with Gasteiger partial charge in [0.2, 0.25) is 0 Å². The first-order valence-electron chi connectivity index (χ1n) is 7.88. The van der Waals surface area contributed by atoms with Crippen LogP contribution in [0.4, 0.5) is 0 Å². The number of rotatable bonds is 6. The Hall–Kier alpha value is -2.07. The number of thioether (sulfide) groups is 1. The van der Waals surface area contributed by atoms with Crippen molar-refractivity contribution in [2.24, 2.45) is 0 Å². The van der Waals surface area contributed by atoms with Gasteiger partial charge in [0, 0.05) is 11.4 Å². The Morgan fingerprint density at radius 2 is 1.83 bits per heavy atom. The first-order chi connectivity index (χ1) is 11.2. The third-order valence-electron chi connectivity index (χ3n) is 3.81. The predicted octanol–water partition coefficient (Wildman–Crippen LogP) is 4.28. The van der Waals surface area contributed by atoms with E-state index in [1.165, 1.54) is 10.5 Å². The zero-order valence-corrected chi connectivity index (χ0v) is 14.1. The van der Waals surface area contributed by atoms with Crippen LogP contribution >= 0.6 is 11.8 Å². The molecular weight excluding hydrogens is 304 g/mol. The quantitative estimate of drug-likeness (QED) is 0.501. The summed E-state index contributed by atoms with van der Waals surface area (Å²) in [5, 5.41) is 0.698. The van der Waals surface area contributed by atoms with Crippen molar-refractivity contribution in [2.75, 3.05) is 5.75 Å². The number of benzene rings is 2. The highest BCUT2D eigenvalue weighted by molar-refractivity contribution is 7.99. The van der Waals surface area contributed by atoms with Crippen LogP contribution in [-0.2, 0) is 6.54 Å². The van der Waals surface area contributed by atoms with E-state index >= 15 is 0 Å². The van der Waals surface area contributed by atoms with Gasteiger partial charge in [-0.3, -0.25) is 9.36 Å². The fourth-order valence-electron chi connectivity index (χ4n) is 2.47. The second-order valence-corrected chi connectivity index (χ2v) is 6.80. The van der Waals surface area contributed by atoms with Crippen molar-refractivity contribution in [2.45, 2.75) is 31.2 Å². The lowest BCUT2D eigenvalue weighted by atomic mass is 10.2. The minimum absolute atomic E-state index is 0.0572. The molecule has 0 fully saturated rings. The molecule has 4 heteroatoms. The van der Waals surface area contributed by atoms with Crippen LogP contribution in [0.1, 0.15) is 18.4 Å². The van der Waals surface area contributed by atoms with E-state index in [0.29, 0.717) is 5.39 Å². The Morgan fingerprint density at radius 1 is 1.04 bits per heavy atom. The average molecular weight is 324 g/mol. The maximum atomic E-state index is 12.4. The normalized spacial score (nSPS) is 11.0. The number of hydrogen-bond acceptors (Lipinski definition) is 3. The van der Waals surface area contributed by atoms with Gasteiger partial charge in [0.1, 0.15) is 0 Å². The molecule has 1 aromatic heterocycles. The molecular formula is C19H20N2OS. The highest BCUT2D eigenvalue weighted by atomic mass is 32.2. The van der Waals surface area contributed by atoms with Crippen LogP contribution in [0.25, 0.3) is 10.9 Å². The molecule has 0 atom stereocenters. The Labute approximate surface area is 140 Å². The fraction of sp³-hybridized carbons (Fsp3) is 0.263. The summed E-state index contributed by atoms with van der Waals surface area (Å²) in [6.07, 6.45) is 3.73. The van der Waals surface area contributed by atoms with E-state index < -0.39 is 0 Å². The summed E-state index contributed by atoms with van der Waals surface area (Å²) in [6.45, 7) is 2.83. The van der Waals surface area contributed by atoms with E-state index in [0.717, 1.165) is 30.7 Å². The summed E-state index contributed by atoms with van der Waals surface area (Å²) in [5.74, 6) is 1.07. The minimum atomic E-state index is 0.0572. The Kier molecular flexibility index (Phi) is 5.13. The first-order valence-corrected chi connectivity index (χ1v) is 8.86. The van der Waals surface area contributed by atoms with Gasteiger partial charge in [0.25, 0.3) is 5.56 Å². The molecule has 23 heavy (non-hydrogen) atoms. The van der Waals surface area contributed by atoms with Gasteiger partial charge >= 0.3 is 0 Å². The molecule has 1 heterocycles.